The van der Waals surface area contributed by atoms with Gasteiger partial charge in [-0.15, -0.1) is 0 Å². The number of halogens is 1. The van der Waals surface area contributed by atoms with Crippen LogP contribution in [-0.2, 0) is 20.8 Å². The number of nitrogens with zero attached hydrogens (tertiary/aromatic N) is 2. The van der Waals surface area contributed by atoms with E-state index in [-0.39, 0.29) is 54.9 Å². The molecule has 2 atom stereocenters. The second-order valence-electron chi connectivity index (χ2n) is 9.55. The number of urea groups is 1. The summed E-state index contributed by atoms with van der Waals surface area (Å²) in [5, 5.41) is 22.5. The van der Waals surface area contributed by atoms with E-state index in [0.717, 1.165) is 4.90 Å². The number of ketones is 1. The number of benzene rings is 2. The molecule has 0 saturated carbocycles. The molecule has 0 aromatic heterocycles. The Hall–Kier alpha value is -4.79. The highest BCUT2D eigenvalue weighted by atomic mass is 19.1. The van der Waals surface area contributed by atoms with Crippen molar-refractivity contribution in [2.24, 2.45) is 5.73 Å². The second kappa shape index (κ2) is 12.2. The van der Waals surface area contributed by atoms with Gasteiger partial charge in [0, 0.05) is 37.4 Å². The standard InChI is InChI=1S/C26H26BFN4O9/c28-8-9-31-10-11-32(24(36)23(31)35)26(39)30-20(14-4-6-15(7-5-14)22(29)34)19(33)13-17-12-16-2-1-3-18(25(37)38)21(16)41-27(17)40/h1-7,17,20,40H,8-13H2,(H2,29,34)(H,30,39)(H,37,38)/t17-,20?/m1/s1. The van der Waals surface area contributed by atoms with Crippen LogP contribution in [0.2, 0.25) is 5.82 Å². The zero-order valence-corrected chi connectivity index (χ0v) is 21.6. The number of rotatable bonds is 9. The maximum absolute atomic E-state index is 13.6. The molecule has 5 amide bonds. The highest BCUT2D eigenvalue weighted by Crippen LogP contribution is 2.37. The number of imide groups is 1. The lowest BCUT2D eigenvalue weighted by molar-refractivity contribution is -0.153. The Morgan fingerprint density at radius 2 is 1.80 bits per heavy atom. The molecule has 2 aliphatic heterocycles. The van der Waals surface area contributed by atoms with E-state index in [4.69, 9.17) is 10.4 Å². The number of carboxylic acid groups (broad SMARTS) is 1. The summed E-state index contributed by atoms with van der Waals surface area (Å²) < 4.78 is 18.2. The highest BCUT2D eigenvalue weighted by Gasteiger charge is 2.41. The number of alkyl halides is 1. The Morgan fingerprint density at radius 1 is 1.10 bits per heavy atom. The van der Waals surface area contributed by atoms with Gasteiger partial charge in [-0.1, -0.05) is 24.3 Å². The molecule has 15 heteroatoms. The maximum atomic E-state index is 13.6. The number of nitrogens with two attached hydrogens (primary N) is 1. The van der Waals surface area contributed by atoms with Gasteiger partial charge in [-0.25, -0.2) is 14.0 Å². The van der Waals surface area contributed by atoms with Crippen LogP contribution in [0.1, 0.15) is 44.3 Å². The van der Waals surface area contributed by atoms with Crippen LogP contribution < -0.4 is 15.7 Å². The topological polar surface area (TPSA) is 197 Å². The smallest absolute Gasteiger partial charge is 0.526 e. The Balaban J connectivity index is 1.56. The first-order valence-corrected chi connectivity index (χ1v) is 12.6. The van der Waals surface area contributed by atoms with Gasteiger partial charge in [0.05, 0.1) is 5.56 Å². The minimum Gasteiger partial charge on any atom is -0.535 e. The Bertz CT molecular complexity index is 1400. The summed E-state index contributed by atoms with van der Waals surface area (Å²) in [6.45, 7) is -1.47. The van der Waals surface area contributed by atoms with Crippen LogP contribution in [0.3, 0.4) is 0 Å². The lowest BCUT2D eigenvalue weighted by Gasteiger charge is -2.33. The number of carboxylic acids is 1. The van der Waals surface area contributed by atoms with Crippen LogP contribution in [-0.4, -0.2) is 88.9 Å². The van der Waals surface area contributed by atoms with Crippen molar-refractivity contribution in [3.63, 3.8) is 0 Å². The minimum absolute atomic E-state index is 0.00169. The SMILES string of the molecule is NC(=O)c1ccc(C(NC(=O)N2CCN(CCF)C(=O)C2=O)C(=O)C[C@H]2Cc3cccc(C(=O)O)c3OB2O)cc1. The molecule has 2 heterocycles. The zero-order chi connectivity index (χ0) is 29.8. The van der Waals surface area contributed by atoms with Gasteiger partial charge < -0.3 is 30.7 Å². The van der Waals surface area contributed by atoms with Gasteiger partial charge in [0.25, 0.3) is 0 Å². The number of fused-ring (bicyclic) bond motifs is 1. The third-order valence-corrected chi connectivity index (χ3v) is 6.94. The van der Waals surface area contributed by atoms with E-state index in [9.17, 15) is 43.3 Å². The molecule has 13 nitrogen and oxygen atoms in total. The van der Waals surface area contributed by atoms with Crippen LogP contribution in [0.4, 0.5) is 9.18 Å². The third-order valence-electron chi connectivity index (χ3n) is 6.94. The molecule has 41 heavy (non-hydrogen) atoms. The van der Waals surface area contributed by atoms with Gasteiger partial charge in [0.2, 0.25) is 5.91 Å². The van der Waals surface area contributed by atoms with Crippen LogP contribution in [0.15, 0.2) is 42.5 Å². The Kier molecular flexibility index (Phi) is 8.66. The molecule has 0 bridgehead atoms. The monoisotopic (exact) mass is 568 g/mol. The van der Waals surface area contributed by atoms with E-state index >= 15 is 0 Å². The van der Waals surface area contributed by atoms with Crippen molar-refractivity contribution >= 4 is 42.6 Å². The highest BCUT2D eigenvalue weighted by molar-refractivity contribution is 6.47. The number of carbonyl (C=O) groups is 6. The quantitative estimate of drug-likeness (QED) is 0.243. The fourth-order valence-corrected chi connectivity index (χ4v) is 4.78. The Morgan fingerprint density at radius 3 is 2.44 bits per heavy atom. The van der Waals surface area contributed by atoms with Gasteiger partial charge in [-0.05, 0) is 35.7 Å². The molecule has 2 aliphatic rings. The summed E-state index contributed by atoms with van der Waals surface area (Å²) in [5.74, 6) is -5.64. The van der Waals surface area contributed by atoms with E-state index in [1.54, 1.807) is 6.07 Å². The van der Waals surface area contributed by atoms with Crippen molar-refractivity contribution in [1.82, 2.24) is 15.1 Å². The number of Topliss-reactive ketones (excluding diaryl/α,β-unsaturated/α-hetero) is 1. The fourth-order valence-electron chi connectivity index (χ4n) is 4.78. The van der Waals surface area contributed by atoms with Gasteiger partial charge in [-0.2, -0.15) is 0 Å². The van der Waals surface area contributed by atoms with Crippen LogP contribution in [0, 0.1) is 0 Å². The summed E-state index contributed by atoms with van der Waals surface area (Å²) in [5.41, 5.74) is 5.98. The van der Waals surface area contributed by atoms with Crippen molar-refractivity contribution in [2.75, 3.05) is 26.3 Å². The maximum Gasteiger partial charge on any atom is 0.526 e. The lowest BCUT2D eigenvalue weighted by Crippen LogP contribution is -2.59. The molecule has 1 saturated heterocycles. The molecular weight excluding hydrogens is 542 g/mol. The predicted molar refractivity (Wildman–Crippen MR) is 140 cm³/mol. The van der Waals surface area contributed by atoms with Crippen molar-refractivity contribution < 1.29 is 47.9 Å². The van der Waals surface area contributed by atoms with E-state index in [1.807, 2.05) is 0 Å². The van der Waals surface area contributed by atoms with Gasteiger partial charge in [0.1, 0.15) is 18.5 Å². The molecule has 1 unspecified atom stereocenters. The molecule has 2 aromatic carbocycles. The van der Waals surface area contributed by atoms with E-state index < -0.39 is 61.2 Å². The Labute approximate surface area is 233 Å². The summed E-state index contributed by atoms with van der Waals surface area (Å²) in [6, 6.07) is 7.48. The number of primary amides is 1. The van der Waals surface area contributed by atoms with Crippen molar-refractivity contribution in [3.05, 3.63) is 64.7 Å². The first-order valence-electron chi connectivity index (χ1n) is 12.6. The van der Waals surface area contributed by atoms with Gasteiger partial charge in [0.15, 0.2) is 5.78 Å². The van der Waals surface area contributed by atoms with Crippen molar-refractivity contribution in [3.8, 4) is 5.75 Å². The molecule has 1 fully saturated rings. The number of hydrogen-bond acceptors (Lipinski definition) is 8. The molecule has 0 radical (unpaired) electrons. The molecule has 0 aliphatic carbocycles. The molecular formula is C26H26BFN4O9. The average Bonchev–Trinajstić information content (AvgIpc) is 2.94. The number of hydrogen-bond donors (Lipinski definition) is 4. The van der Waals surface area contributed by atoms with E-state index in [0.29, 0.717) is 10.5 Å². The molecule has 214 valence electrons. The zero-order valence-electron chi connectivity index (χ0n) is 21.6. The van der Waals surface area contributed by atoms with Crippen LogP contribution in [0.5, 0.6) is 5.75 Å². The molecule has 5 N–H and O–H groups in total. The van der Waals surface area contributed by atoms with Gasteiger partial charge in [-0.3, -0.25) is 24.1 Å². The van der Waals surface area contributed by atoms with Crippen LogP contribution >= 0.6 is 0 Å². The fraction of sp³-hybridized carbons (Fsp3) is 0.308. The average molecular weight is 568 g/mol. The number of amides is 5. The molecule has 0 spiro atoms. The number of aromatic carboxylic acids is 1. The summed E-state index contributed by atoms with van der Waals surface area (Å²) in [4.78, 5) is 76.1. The van der Waals surface area contributed by atoms with Crippen molar-refractivity contribution in [2.45, 2.75) is 24.7 Å². The number of piperazine rings is 1. The summed E-state index contributed by atoms with van der Waals surface area (Å²) in [7, 11) is -1.54. The largest absolute Gasteiger partial charge is 0.535 e. The number of para-hydroxylation sites is 1. The molecule has 4 rings (SSSR count). The third kappa shape index (κ3) is 6.19. The number of nitrogens with one attached hydrogen (secondary N) is 1. The second-order valence-corrected chi connectivity index (χ2v) is 9.55. The first-order chi connectivity index (χ1) is 19.5. The lowest BCUT2D eigenvalue weighted by atomic mass is 9.64. The van der Waals surface area contributed by atoms with Crippen LogP contribution in [0.25, 0.3) is 0 Å². The number of carbonyl (C=O) groups excluding carboxylic acids is 5. The minimum atomic E-state index is -1.54. The summed E-state index contributed by atoms with van der Waals surface area (Å²) >= 11 is 0. The first kappa shape index (κ1) is 29.2. The summed E-state index contributed by atoms with van der Waals surface area (Å²) in [6.07, 6.45) is -0.244. The van der Waals surface area contributed by atoms with Gasteiger partial charge >= 0.3 is 30.9 Å². The van der Waals surface area contributed by atoms with E-state index in [2.05, 4.69) is 5.32 Å². The van der Waals surface area contributed by atoms with Crippen molar-refractivity contribution in [1.29, 1.82) is 0 Å². The predicted octanol–water partition coefficient (Wildman–Crippen LogP) is 0.320. The molecule has 2 aromatic rings. The van der Waals surface area contributed by atoms with E-state index in [1.165, 1.54) is 36.4 Å². The normalized spacial score (nSPS) is 17.4.